The second-order valence-electron chi connectivity index (χ2n) is 5.16. The maximum atomic E-state index is 13.4. The van der Waals surface area contributed by atoms with E-state index < -0.39 is 11.6 Å². The highest BCUT2D eigenvalue weighted by molar-refractivity contribution is 5.87. The van der Waals surface area contributed by atoms with Gasteiger partial charge in [0.1, 0.15) is 0 Å². The van der Waals surface area contributed by atoms with Gasteiger partial charge in [0.15, 0.2) is 11.6 Å². The molecule has 1 N–H and O–H groups in total. The zero-order valence-electron chi connectivity index (χ0n) is 12.1. The summed E-state index contributed by atoms with van der Waals surface area (Å²) in [5.41, 5.74) is 0.597. The van der Waals surface area contributed by atoms with Gasteiger partial charge in [-0.05, 0) is 36.6 Å². The predicted molar refractivity (Wildman–Crippen MR) is 77.9 cm³/mol. The van der Waals surface area contributed by atoms with Crippen LogP contribution in [0, 0.1) is 11.6 Å². The Balaban J connectivity index is 2.00. The van der Waals surface area contributed by atoms with Crippen molar-refractivity contribution in [3.05, 3.63) is 48.1 Å². The molecule has 6 heteroatoms. The van der Waals surface area contributed by atoms with E-state index in [1.165, 1.54) is 6.07 Å². The minimum atomic E-state index is -0.907. The first-order chi connectivity index (χ1) is 10.5. The number of benzene rings is 1. The Kier molecular flexibility index (Phi) is 5.25. The quantitative estimate of drug-likeness (QED) is 0.849. The molecule has 0 aliphatic carbocycles. The molecule has 2 rings (SSSR count). The standard InChI is InChI=1S/C16H18F2N2O2/c1-2-15(21)19-8-7-16(22)20-9-3-4-14(20)11-5-6-12(17)13(18)10-11/h2,5-6,10,14H,1,3-4,7-9H2,(H,19,21). The van der Waals surface area contributed by atoms with Crippen LogP contribution in [0.1, 0.15) is 30.9 Å². The fourth-order valence-corrected chi connectivity index (χ4v) is 2.64. The van der Waals surface area contributed by atoms with E-state index >= 15 is 0 Å². The Bertz CT molecular complexity index is 590. The molecule has 1 fully saturated rings. The summed E-state index contributed by atoms with van der Waals surface area (Å²) in [5.74, 6) is -2.25. The Morgan fingerprint density at radius 1 is 1.36 bits per heavy atom. The molecule has 1 aromatic carbocycles. The van der Waals surface area contributed by atoms with Crippen molar-refractivity contribution in [1.29, 1.82) is 0 Å². The second-order valence-corrected chi connectivity index (χ2v) is 5.16. The largest absolute Gasteiger partial charge is 0.352 e. The molecule has 0 radical (unpaired) electrons. The average molecular weight is 308 g/mol. The Hall–Kier alpha value is -2.24. The van der Waals surface area contributed by atoms with E-state index in [1.807, 2.05) is 0 Å². The van der Waals surface area contributed by atoms with Crippen LogP contribution in [-0.2, 0) is 9.59 Å². The molecule has 1 unspecified atom stereocenters. The highest BCUT2D eigenvalue weighted by Crippen LogP contribution is 2.32. The first kappa shape index (κ1) is 16.1. The van der Waals surface area contributed by atoms with Crippen LogP contribution < -0.4 is 5.32 Å². The van der Waals surface area contributed by atoms with Crippen molar-refractivity contribution in [3.63, 3.8) is 0 Å². The summed E-state index contributed by atoms with van der Waals surface area (Å²) in [5, 5.41) is 2.54. The summed E-state index contributed by atoms with van der Waals surface area (Å²) in [6.07, 6.45) is 2.84. The Labute approximate surface area is 127 Å². The van der Waals surface area contributed by atoms with Crippen molar-refractivity contribution < 1.29 is 18.4 Å². The zero-order chi connectivity index (χ0) is 16.1. The number of rotatable bonds is 5. The van der Waals surface area contributed by atoms with E-state index in [2.05, 4.69) is 11.9 Å². The smallest absolute Gasteiger partial charge is 0.243 e. The molecule has 1 atom stereocenters. The van der Waals surface area contributed by atoms with E-state index in [9.17, 15) is 18.4 Å². The lowest BCUT2D eigenvalue weighted by atomic mass is 10.0. The van der Waals surface area contributed by atoms with Gasteiger partial charge in [-0.25, -0.2) is 8.78 Å². The molecule has 2 amide bonds. The number of hydrogen-bond acceptors (Lipinski definition) is 2. The monoisotopic (exact) mass is 308 g/mol. The van der Waals surface area contributed by atoms with Crippen molar-refractivity contribution in [1.82, 2.24) is 10.2 Å². The zero-order valence-corrected chi connectivity index (χ0v) is 12.1. The van der Waals surface area contributed by atoms with Crippen LogP contribution in [0.4, 0.5) is 8.78 Å². The lowest BCUT2D eigenvalue weighted by molar-refractivity contribution is -0.132. The third-order valence-electron chi connectivity index (χ3n) is 3.73. The fraction of sp³-hybridized carbons (Fsp3) is 0.375. The molecule has 0 spiro atoms. The molecule has 0 aromatic heterocycles. The molecule has 1 aliphatic rings. The van der Waals surface area contributed by atoms with Crippen molar-refractivity contribution in [2.75, 3.05) is 13.1 Å². The molecule has 0 bridgehead atoms. The molecule has 1 aliphatic heterocycles. The molecular formula is C16H18F2N2O2. The van der Waals surface area contributed by atoms with E-state index in [-0.39, 0.29) is 30.8 Å². The second kappa shape index (κ2) is 7.15. The summed E-state index contributed by atoms with van der Waals surface area (Å²) >= 11 is 0. The molecule has 4 nitrogen and oxygen atoms in total. The first-order valence-electron chi connectivity index (χ1n) is 7.17. The number of halogens is 2. The van der Waals surface area contributed by atoms with E-state index in [4.69, 9.17) is 0 Å². The maximum absolute atomic E-state index is 13.4. The minimum absolute atomic E-state index is 0.114. The van der Waals surface area contributed by atoms with Gasteiger partial charge in [0.05, 0.1) is 6.04 Å². The van der Waals surface area contributed by atoms with Gasteiger partial charge in [0, 0.05) is 19.5 Å². The van der Waals surface area contributed by atoms with Gasteiger partial charge in [0.25, 0.3) is 0 Å². The molecular weight excluding hydrogens is 290 g/mol. The summed E-state index contributed by atoms with van der Waals surface area (Å²) in [6, 6.07) is 3.49. The van der Waals surface area contributed by atoms with Crippen LogP contribution in [0.25, 0.3) is 0 Å². The summed E-state index contributed by atoms with van der Waals surface area (Å²) in [6.45, 7) is 4.14. The number of likely N-dealkylation sites (tertiary alicyclic amines) is 1. The van der Waals surface area contributed by atoms with Crippen LogP contribution in [0.3, 0.4) is 0 Å². The lowest BCUT2D eigenvalue weighted by Gasteiger charge is -2.25. The topological polar surface area (TPSA) is 49.4 Å². The van der Waals surface area contributed by atoms with E-state index in [0.717, 1.165) is 31.1 Å². The number of amides is 2. The number of nitrogens with one attached hydrogen (secondary N) is 1. The van der Waals surface area contributed by atoms with Gasteiger partial charge >= 0.3 is 0 Å². The summed E-state index contributed by atoms with van der Waals surface area (Å²) in [7, 11) is 0. The van der Waals surface area contributed by atoms with E-state index in [0.29, 0.717) is 12.1 Å². The van der Waals surface area contributed by atoms with Crippen molar-refractivity contribution in [2.24, 2.45) is 0 Å². The van der Waals surface area contributed by atoms with Gasteiger partial charge in [-0.15, -0.1) is 0 Å². The maximum Gasteiger partial charge on any atom is 0.243 e. The van der Waals surface area contributed by atoms with Crippen LogP contribution >= 0.6 is 0 Å². The highest BCUT2D eigenvalue weighted by atomic mass is 19.2. The molecule has 1 saturated heterocycles. The van der Waals surface area contributed by atoms with Crippen molar-refractivity contribution >= 4 is 11.8 Å². The minimum Gasteiger partial charge on any atom is -0.352 e. The number of nitrogens with zero attached hydrogens (tertiary/aromatic N) is 1. The van der Waals surface area contributed by atoms with Crippen LogP contribution in [-0.4, -0.2) is 29.8 Å². The third kappa shape index (κ3) is 3.69. The number of carbonyl (C=O) groups excluding carboxylic acids is 2. The van der Waals surface area contributed by atoms with Gasteiger partial charge in [-0.2, -0.15) is 0 Å². The van der Waals surface area contributed by atoms with Crippen LogP contribution in [0.2, 0.25) is 0 Å². The first-order valence-corrected chi connectivity index (χ1v) is 7.17. The molecule has 22 heavy (non-hydrogen) atoms. The molecule has 118 valence electrons. The molecule has 0 saturated carbocycles. The highest BCUT2D eigenvalue weighted by Gasteiger charge is 2.30. The van der Waals surface area contributed by atoms with Crippen LogP contribution in [0.5, 0.6) is 0 Å². The normalized spacial score (nSPS) is 17.4. The Morgan fingerprint density at radius 3 is 2.82 bits per heavy atom. The van der Waals surface area contributed by atoms with Crippen molar-refractivity contribution in [3.8, 4) is 0 Å². The van der Waals surface area contributed by atoms with Gasteiger partial charge in [0.2, 0.25) is 11.8 Å². The molecule has 1 heterocycles. The average Bonchev–Trinajstić information content (AvgIpc) is 2.99. The summed E-state index contributed by atoms with van der Waals surface area (Å²) < 4.78 is 26.4. The number of hydrogen-bond donors (Lipinski definition) is 1. The van der Waals surface area contributed by atoms with Gasteiger partial charge < -0.3 is 10.2 Å². The van der Waals surface area contributed by atoms with Gasteiger partial charge in [-0.1, -0.05) is 12.6 Å². The van der Waals surface area contributed by atoms with Crippen LogP contribution in [0.15, 0.2) is 30.9 Å². The predicted octanol–water partition coefficient (Wildman–Crippen LogP) is 2.32. The lowest BCUT2D eigenvalue weighted by Crippen LogP contribution is -2.33. The molecule has 1 aromatic rings. The number of carbonyl (C=O) groups is 2. The Morgan fingerprint density at radius 2 is 2.14 bits per heavy atom. The fourth-order valence-electron chi connectivity index (χ4n) is 2.64. The van der Waals surface area contributed by atoms with E-state index in [1.54, 1.807) is 4.90 Å². The van der Waals surface area contributed by atoms with Gasteiger partial charge in [-0.3, -0.25) is 9.59 Å². The summed E-state index contributed by atoms with van der Waals surface area (Å²) in [4.78, 5) is 24.9. The third-order valence-corrected chi connectivity index (χ3v) is 3.73. The SMILES string of the molecule is C=CC(=O)NCCC(=O)N1CCCC1c1ccc(F)c(F)c1. The van der Waals surface area contributed by atoms with Crippen molar-refractivity contribution in [2.45, 2.75) is 25.3 Å².